The fourth-order valence-electron chi connectivity index (χ4n) is 4.83. The summed E-state index contributed by atoms with van der Waals surface area (Å²) >= 11 is 6.39. The van der Waals surface area contributed by atoms with Gasteiger partial charge in [0.25, 0.3) is 5.91 Å². The number of primary amides is 1. The number of hydrogen-bond acceptors (Lipinski definition) is 8. The first-order valence-corrected chi connectivity index (χ1v) is 14.3. The number of halogens is 3. The number of carbonyl (C=O) groups excluding carboxylic acids is 3. The van der Waals surface area contributed by atoms with Gasteiger partial charge >= 0.3 is 12.1 Å². The number of nitrogens with two attached hydrogens (primary N) is 1. The number of piperazine rings is 1. The topological polar surface area (TPSA) is 139 Å². The van der Waals surface area contributed by atoms with Gasteiger partial charge in [0.1, 0.15) is 34.4 Å². The van der Waals surface area contributed by atoms with Crippen LogP contribution < -0.4 is 21.1 Å². The van der Waals surface area contributed by atoms with Crippen molar-refractivity contribution >= 4 is 46.2 Å². The third-order valence-corrected chi connectivity index (χ3v) is 7.77. The van der Waals surface area contributed by atoms with E-state index in [4.69, 9.17) is 26.8 Å². The fraction of sp³-hybridized carbons (Fsp3) is 0.538. The molecule has 0 radical (unpaired) electrons. The van der Waals surface area contributed by atoms with Crippen molar-refractivity contribution in [3.63, 3.8) is 0 Å². The van der Waals surface area contributed by atoms with Crippen LogP contribution in [0.1, 0.15) is 49.5 Å². The Bertz CT molecular complexity index is 1280. The molecule has 2 saturated heterocycles. The minimum atomic E-state index is -0.926. The van der Waals surface area contributed by atoms with Crippen molar-refractivity contribution in [2.45, 2.75) is 51.9 Å². The van der Waals surface area contributed by atoms with Crippen LogP contribution in [0.15, 0.2) is 12.1 Å². The summed E-state index contributed by atoms with van der Waals surface area (Å²) in [5.41, 5.74) is 4.32. The molecule has 4 rings (SSSR count). The van der Waals surface area contributed by atoms with Gasteiger partial charge in [-0.1, -0.05) is 11.6 Å². The van der Waals surface area contributed by atoms with Crippen molar-refractivity contribution in [3.8, 4) is 5.88 Å². The van der Waals surface area contributed by atoms with Gasteiger partial charge < -0.3 is 25.4 Å². The Labute approximate surface area is 245 Å². The SMILES string of the molecule is CC(C)(C)OC(=O)N1CCN2CC(CNC(=O)Nc3snc(OCc4c(F)cc(Cl)cc4F)c3C(N)=O)CCC2C1. The molecule has 224 valence electrons. The maximum Gasteiger partial charge on any atom is 0.410 e. The van der Waals surface area contributed by atoms with E-state index in [9.17, 15) is 23.2 Å². The van der Waals surface area contributed by atoms with E-state index in [1.165, 1.54) is 0 Å². The van der Waals surface area contributed by atoms with E-state index < -0.39 is 41.3 Å². The highest BCUT2D eigenvalue weighted by molar-refractivity contribution is 7.11. The minimum absolute atomic E-state index is 0.0454. The summed E-state index contributed by atoms with van der Waals surface area (Å²) in [4.78, 5) is 41.2. The number of fused-ring (bicyclic) bond motifs is 1. The fourth-order valence-corrected chi connectivity index (χ4v) is 5.76. The molecule has 1 aromatic heterocycles. The first kappa shape index (κ1) is 30.7. The maximum absolute atomic E-state index is 14.1. The summed E-state index contributed by atoms with van der Waals surface area (Å²) in [6.45, 7) is 8.05. The zero-order valence-corrected chi connectivity index (χ0v) is 24.5. The number of benzene rings is 1. The summed E-state index contributed by atoms with van der Waals surface area (Å²) in [5.74, 6) is -2.81. The number of urea groups is 1. The van der Waals surface area contributed by atoms with Gasteiger partial charge in [0.2, 0.25) is 5.88 Å². The summed E-state index contributed by atoms with van der Waals surface area (Å²) in [7, 11) is 0. The van der Waals surface area contributed by atoms with Crippen molar-refractivity contribution < 1.29 is 32.6 Å². The molecule has 2 fully saturated rings. The van der Waals surface area contributed by atoms with Gasteiger partial charge in [-0.2, -0.15) is 4.37 Å². The number of nitrogens with zero attached hydrogens (tertiary/aromatic N) is 3. The maximum atomic E-state index is 14.1. The minimum Gasteiger partial charge on any atom is -0.471 e. The van der Waals surface area contributed by atoms with Crippen LogP contribution in [-0.4, -0.2) is 76.6 Å². The van der Waals surface area contributed by atoms with E-state index >= 15 is 0 Å². The van der Waals surface area contributed by atoms with Gasteiger partial charge in [-0.25, -0.2) is 18.4 Å². The molecule has 0 saturated carbocycles. The first-order valence-electron chi connectivity index (χ1n) is 13.1. The molecule has 4 amide bonds. The average molecular weight is 615 g/mol. The molecule has 2 unspecified atom stereocenters. The average Bonchev–Trinajstić information content (AvgIpc) is 3.27. The van der Waals surface area contributed by atoms with Crippen LogP contribution in [0.4, 0.5) is 23.4 Å². The highest BCUT2D eigenvalue weighted by Crippen LogP contribution is 2.32. The van der Waals surface area contributed by atoms with E-state index in [0.29, 0.717) is 19.6 Å². The quantitative estimate of drug-likeness (QED) is 0.425. The third-order valence-electron chi connectivity index (χ3n) is 6.80. The largest absolute Gasteiger partial charge is 0.471 e. The molecular formula is C26H33ClF2N6O5S. The second kappa shape index (κ2) is 12.7. The predicted octanol–water partition coefficient (Wildman–Crippen LogP) is 4.21. The second-order valence-corrected chi connectivity index (χ2v) is 12.3. The molecule has 2 aliphatic heterocycles. The lowest BCUT2D eigenvalue weighted by Gasteiger charge is -2.46. The number of aromatic nitrogens is 1. The van der Waals surface area contributed by atoms with Crippen LogP contribution in [0.2, 0.25) is 5.02 Å². The number of carbonyl (C=O) groups is 3. The Morgan fingerprint density at radius 2 is 1.88 bits per heavy atom. The molecule has 0 aliphatic carbocycles. The van der Waals surface area contributed by atoms with Crippen molar-refractivity contribution in [1.82, 2.24) is 19.5 Å². The van der Waals surface area contributed by atoms with Crippen molar-refractivity contribution in [1.29, 1.82) is 0 Å². The van der Waals surface area contributed by atoms with Gasteiger partial charge in [-0.15, -0.1) is 0 Å². The molecule has 41 heavy (non-hydrogen) atoms. The van der Waals surface area contributed by atoms with Crippen LogP contribution >= 0.6 is 23.1 Å². The molecule has 0 spiro atoms. The molecule has 1 aromatic carbocycles. The lowest BCUT2D eigenvalue weighted by molar-refractivity contribution is -0.00851. The predicted molar refractivity (Wildman–Crippen MR) is 149 cm³/mol. The van der Waals surface area contributed by atoms with Gasteiger partial charge in [0, 0.05) is 43.8 Å². The van der Waals surface area contributed by atoms with E-state index in [2.05, 4.69) is 19.9 Å². The standard InChI is InChI=1S/C26H33ClF2N6O5S/c1-26(2,3)40-25(38)35-7-6-34-11-14(4-5-16(34)12-35)10-31-24(37)32-23-20(21(30)36)22(33-41-23)39-13-17-18(28)8-15(27)9-19(17)29/h8-9,14,16H,4-7,10-13H2,1-3H3,(H2,30,36)(H2,31,32,37). The van der Waals surface area contributed by atoms with Crippen molar-refractivity contribution in [2.24, 2.45) is 11.7 Å². The molecule has 2 aromatic rings. The number of nitrogens with one attached hydrogen (secondary N) is 2. The molecule has 11 nitrogen and oxygen atoms in total. The van der Waals surface area contributed by atoms with Crippen molar-refractivity contribution in [3.05, 3.63) is 39.9 Å². The Hall–Kier alpha value is -3.23. The molecule has 2 atom stereocenters. The monoisotopic (exact) mass is 614 g/mol. The molecule has 4 N–H and O–H groups in total. The lowest BCUT2D eigenvalue weighted by Crippen LogP contribution is -2.58. The number of ether oxygens (including phenoxy) is 2. The zero-order valence-electron chi connectivity index (χ0n) is 23.0. The summed E-state index contributed by atoms with van der Waals surface area (Å²) < 4.78 is 43.0. The third kappa shape index (κ3) is 7.95. The van der Waals surface area contributed by atoms with Crippen LogP contribution in [-0.2, 0) is 11.3 Å². The van der Waals surface area contributed by atoms with E-state index in [-0.39, 0.29) is 39.5 Å². The molecule has 0 bridgehead atoms. The Kier molecular flexibility index (Phi) is 9.55. The van der Waals surface area contributed by atoms with E-state index in [1.807, 2.05) is 20.8 Å². The highest BCUT2D eigenvalue weighted by Gasteiger charge is 2.36. The van der Waals surface area contributed by atoms with Crippen LogP contribution in [0, 0.1) is 17.6 Å². The number of amides is 4. The van der Waals surface area contributed by atoms with Gasteiger partial charge in [-0.05, 0) is 63.2 Å². The summed E-state index contributed by atoms with van der Waals surface area (Å²) in [6.07, 6.45) is 1.45. The second-order valence-electron chi connectivity index (χ2n) is 11.0. The summed E-state index contributed by atoms with van der Waals surface area (Å²) in [5, 5.41) is 5.31. The normalized spacial score (nSPS) is 19.3. The number of hydrogen-bond donors (Lipinski definition) is 3. The smallest absolute Gasteiger partial charge is 0.410 e. The van der Waals surface area contributed by atoms with Crippen LogP contribution in [0.25, 0.3) is 0 Å². The highest BCUT2D eigenvalue weighted by atomic mass is 35.5. The Balaban J connectivity index is 1.27. The van der Waals surface area contributed by atoms with Gasteiger partial charge in [0.05, 0.1) is 5.56 Å². The Morgan fingerprint density at radius 3 is 2.54 bits per heavy atom. The van der Waals surface area contributed by atoms with Gasteiger partial charge in [-0.3, -0.25) is 15.0 Å². The van der Waals surface area contributed by atoms with Crippen LogP contribution in [0.5, 0.6) is 5.88 Å². The first-order chi connectivity index (χ1) is 19.3. The lowest BCUT2D eigenvalue weighted by atomic mass is 9.91. The molecule has 2 aliphatic rings. The summed E-state index contributed by atoms with van der Waals surface area (Å²) in [6, 6.07) is 1.56. The number of anilines is 1. The molecule has 3 heterocycles. The van der Waals surface area contributed by atoms with E-state index in [0.717, 1.165) is 49.6 Å². The van der Waals surface area contributed by atoms with E-state index in [1.54, 1.807) is 4.90 Å². The number of rotatable bonds is 7. The zero-order chi connectivity index (χ0) is 29.9. The van der Waals surface area contributed by atoms with Crippen LogP contribution in [0.3, 0.4) is 0 Å². The van der Waals surface area contributed by atoms with Crippen molar-refractivity contribution in [2.75, 3.05) is 38.0 Å². The molecule has 15 heteroatoms. The molecular weight excluding hydrogens is 582 g/mol. The number of piperidine rings is 1. The van der Waals surface area contributed by atoms with Gasteiger partial charge in [0.15, 0.2) is 0 Å². The Morgan fingerprint density at radius 1 is 1.17 bits per heavy atom.